The van der Waals surface area contributed by atoms with Gasteiger partial charge in [-0.2, -0.15) is 0 Å². The highest BCUT2D eigenvalue weighted by molar-refractivity contribution is 7.76. The van der Waals surface area contributed by atoms with Crippen molar-refractivity contribution in [1.29, 1.82) is 0 Å². The average molecular weight is 671 g/mol. The van der Waals surface area contributed by atoms with Crippen LogP contribution in [-0.4, -0.2) is 16.6 Å². The molecule has 5 rings (SSSR count). The van der Waals surface area contributed by atoms with E-state index >= 15 is 0 Å². The van der Waals surface area contributed by atoms with Crippen LogP contribution >= 0.6 is 34.9 Å². The van der Waals surface area contributed by atoms with Crippen LogP contribution < -0.4 is 20.7 Å². The fraction of sp³-hybridized carbons (Fsp3) is 0.270. The zero-order valence-electron chi connectivity index (χ0n) is 26.5. The summed E-state index contributed by atoms with van der Waals surface area (Å²) in [7, 11) is -5.39. The van der Waals surface area contributed by atoms with Gasteiger partial charge in [0.1, 0.15) is 3.14 Å². The summed E-state index contributed by atoms with van der Waals surface area (Å²) in [5, 5.41) is 4.92. The summed E-state index contributed by atoms with van der Waals surface area (Å²) in [6, 6.07) is 43.3. The molecule has 0 saturated heterocycles. The van der Waals surface area contributed by atoms with Crippen molar-refractivity contribution in [1.82, 2.24) is 0 Å². The van der Waals surface area contributed by atoms with Crippen molar-refractivity contribution in [2.45, 2.75) is 64.8 Å². The number of rotatable bonds is 10. The van der Waals surface area contributed by atoms with Gasteiger partial charge in [0.05, 0.1) is 13.2 Å². The smallest absolute Gasteiger partial charge is 0.261 e. The fourth-order valence-electron chi connectivity index (χ4n) is 6.43. The Morgan fingerprint density at radius 2 is 0.727 bits per heavy atom. The second kappa shape index (κ2) is 13.5. The molecule has 2 nitrogen and oxygen atoms in total. The molecule has 0 bridgehead atoms. The van der Waals surface area contributed by atoms with Gasteiger partial charge < -0.3 is 8.85 Å². The monoisotopic (exact) mass is 670 g/mol. The van der Waals surface area contributed by atoms with Crippen molar-refractivity contribution in [3.63, 3.8) is 0 Å². The maximum Gasteiger partial charge on any atom is 0.261 e. The Labute approximate surface area is 278 Å². The van der Waals surface area contributed by atoms with Crippen LogP contribution in [-0.2, 0) is 22.1 Å². The Bertz CT molecular complexity index is 1480. The molecule has 0 amide bonds. The van der Waals surface area contributed by atoms with E-state index in [1.165, 1.54) is 30.5 Å². The second-order valence-corrected chi connectivity index (χ2v) is 25.2. The van der Waals surface area contributed by atoms with Gasteiger partial charge in [-0.05, 0) is 30.8 Å². The van der Waals surface area contributed by atoms with Crippen molar-refractivity contribution in [2.75, 3.05) is 0 Å². The first-order valence-corrected chi connectivity index (χ1v) is 21.0. The Balaban J connectivity index is 1.54. The summed E-state index contributed by atoms with van der Waals surface area (Å²) < 4.78 is 15.6. The van der Waals surface area contributed by atoms with Gasteiger partial charge in [-0.15, -0.1) is 22.7 Å². The number of benzene rings is 4. The van der Waals surface area contributed by atoms with E-state index < -0.39 is 16.6 Å². The lowest BCUT2D eigenvalue weighted by atomic mass is 10.2. The summed E-state index contributed by atoms with van der Waals surface area (Å²) in [6.07, 6.45) is 0. The standard InChI is InChI=1S/C37H42O2S3Si2/c1-36(2,3)43(29-19-11-7-12-20-29,30-21-13-8-14-22-30)38-27-33-34(42-35(40)41-33)28-39-44(37(4,5)6,31-23-15-9-16-24-31)32-25-17-10-18-26-32/h7-26H,27-28H2,1-6H3. The molecule has 4 aromatic carbocycles. The largest absolute Gasteiger partial charge is 0.402 e. The normalized spacial score (nSPS) is 12.8. The van der Waals surface area contributed by atoms with Crippen LogP contribution in [0.2, 0.25) is 10.1 Å². The first-order chi connectivity index (χ1) is 21.0. The van der Waals surface area contributed by atoms with Crippen LogP contribution in [0.3, 0.4) is 0 Å². The van der Waals surface area contributed by atoms with Crippen LogP contribution in [0.5, 0.6) is 0 Å². The van der Waals surface area contributed by atoms with E-state index in [0.29, 0.717) is 13.2 Å². The molecule has 44 heavy (non-hydrogen) atoms. The molecule has 1 heterocycles. The molecule has 5 aromatic rings. The molecule has 0 unspecified atom stereocenters. The molecule has 0 aliphatic heterocycles. The quantitative estimate of drug-likeness (QED) is 0.109. The van der Waals surface area contributed by atoms with Crippen molar-refractivity contribution in [2.24, 2.45) is 0 Å². The van der Waals surface area contributed by atoms with Gasteiger partial charge >= 0.3 is 0 Å². The predicted molar refractivity (Wildman–Crippen MR) is 198 cm³/mol. The molecule has 0 spiro atoms. The van der Waals surface area contributed by atoms with Crippen LogP contribution in [0.1, 0.15) is 51.3 Å². The van der Waals surface area contributed by atoms with Crippen molar-refractivity contribution >= 4 is 72.3 Å². The van der Waals surface area contributed by atoms with Gasteiger partial charge in [0.15, 0.2) is 0 Å². The van der Waals surface area contributed by atoms with E-state index in [0.717, 1.165) is 3.14 Å². The first-order valence-electron chi connectivity index (χ1n) is 15.1. The van der Waals surface area contributed by atoms with Crippen LogP contribution in [0.4, 0.5) is 0 Å². The molecule has 0 atom stereocenters. The van der Waals surface area contributed by atoms with Gasteiger partial charge in [-0.1, -0.05) is 175 Å². The molecular formula is C37H42O2S3Si2. The summed E-state index contributed by atoms with van der Waals surface area (Å²) in [5.74, 6) is 0. The molecule has 0 aliphatic carbocycles. The molecule has 1 aromatic heterocycles. The SMILES string of the molecule is CC(C)(C)[Si](OCc1sc(=S)sc1CO[Si](c1ccccc1)(c1ccccc1)C(C)(C)C)(c1ccccc1)c1ccccc1. The highest BCUT2D eigenvalue weighted by Crippen LogP contribution is 2.40. The highest BCUT2D eigenvalue weighted by Gasteiger charge is 2.51. The minimum Gasteiger partial charge on any atom is -0.402 e. The van der Waals surface area contributed by atoms with E-state index in [1.807, 2.05) is 0 Å². The van der Waals surface area contributed by atoms with Crippen molar-refractivity contribution < 1.29 is 8.85 Å². The average Bonchev–Trinajstić information content (AvgIpc) is 3.37. The molecular weight excluding hydrogens is 629 g/mol. The highest BCUT2D eigenvalue weighted by atomic mass is 32.2. The number of hydrogen-bond donors (Lipinski definition) is 0. The molecule has 0 N–H and O–H groups in total. The van der Waals surface area contributed by atoms with Crippen molar-refractivity contribution in [3.05, 3.63) is 134 Å². The van der Waals surface area contributed by atoms with E-state index in [4.69, 9.17) is 21.1 Å². The first kappa shape index (κ1) is 32.9. The summed E-state index contributed by atoms with van der Waals surface area (Å²) >= 11 is 9.15. The van der Waals surface area contributed by atoms with Crippen LogP contribution in [0.15, 0.2) is 121 Å². The zero-order valence-corrected chi connectivity index (χ0v) is 31.0. The lowest BCUT2D eigenvalue weighted by molar-refractivity contribution is 0.272. The minimum absolute atomic E-state index is 0.0984. The van der Waals surface area contributed by atoms with Crippen molar-refractivity contribution in [3.8, 4) is 0 Å². The Kier molecular flexibility index (Phi) is 10.1. The Hall–Kier alpha value is -2.50. The van der Waals surface area contributed by atoms with E-state index in [2.05, 4.69) is 163 Å². The zero-order chi connectivity index (χ0) is 31.4. The Morgan fingerprint density at radius 3 is 0.955 bits per heavy atom. The second-order valence-electron chi connectivity index (χ2n) is 13.2. The Morgan fingerprint density at radius 1 is 0.477 bits per heavy atom. The maximum absolute atomic E-state index is 7.34. The molecule has 0 saturated carbocycles. The topological polar surface area (TPSA) is 18.5 Å². The van der Waals surface area contributed by atoms with E-state index in [1.54, 1.807) is 22.7 Å². The molecule has 0 fully saturated rings. The van der Waals surface area contributed by atoms with Gasteiger partial charge in [-0.3, -0.25) is 0 Å². The van der Waals surface area contributed by atoms with Crippen LogP contribution in [0, 0.1) is 3.14 Å². The third-order valence-electron chi connectivity index (χ3n) is 8.40. The molecule has 228 valence electrons. The lowest BCUT2D eigenvalue weighted by Gasteiger charge is -2.43. The summed E-state index contributed by atoms with van der Waals surface area (Å²) in [4.78, 5) is 2.34. The maximum atomic E-state index is 7.34. The molecule has 0 aliphatic rings. The van der Waals surface area contributed by atoms with Crippen LogP contribution in [0.25, 0.3) is 0 Å². The van der Waals surface area contributed by atoms with E-state index in [-0.39, 0.29) is 10.1 Å². The lowest BCUT2D eigenvalue weighted by Crippen LogP contribution is -2.66. The van der Waals surface area contributed by atoms with Gasteiger partial charge in [0.25, 0.3) is 16.6 Å². The summed E-state index contributed by atoms with van der Waals surface area (Å²) in [6.45, 7) is 14.9. The number of hydrogen-bond acceptors (Lipinski definition) is 5. The molecule has 0 radical (unpaired) electrons. The van der Waals surface area contributed by atoms with Gasteiger partial charge in [0.2, 0.25) is 0 Å². The minimum atomic E-state index is -2.70. The fourth-order valence-corrected chi connectivity index (χ4v) is 18.3. The predicted octanol–water partition coefficient (Wildman–Crippen LogP) is 8.69. The molecule has 7 heteroatoms. The third-order valence-corrected chi connectivity index (χ3v) is 21.0. The van der Waals surface area contributed by atoms with E-state index in [9.17, 15) is 0 Å². The summed E-state index contributed by atoms with van der Waals surface area (Å²) in [5.41, 5.74) is 0. The van der Waals surface area contributed by atoms with Gasteiger partial charge in [-0.25, -0.2) is 0 Å². The third kappa shape index (κ3) is 6.42. The van der Waals surface area contributed by atoms with Gasteiger partial charge in [0, 0.05) is 9.75 Å².